The summed E-state index contributed by atoms with van der Waals surface area (Å²) in [6.45, 7) is 18.6. The molecule has 168 valence electrons. The number of nitrogens with two attached hydrogens (primary N) is 1. The van der Waals surface area contributed by atoms with Crippen molar-refractivity contribution in [1.82, 2.24) is 30.0 Å². The summed E-state index contributed by atoms with van der Waals surface area (Å²) in [6, 6.07) is 0.214. The Morgan fingerprint density at radius 3 is 2.71 bits per heavy atom. The fourth-order valence-corrected chi connectivity index (χ4v) is 4.44. The Bertz CT molecular complexity index is 807. The van der Waals surface area contributed by atoms with Crippen LogP contribution in [0, 0.1) is 5.92 Å². The minimum Gasteiger partial charge on any atom is -0.387 e. The molecule has 2 aliphatic rings. The van der Waals surface area contributed by atoms with Crippen LogP contribution in [-0.4, -0.2) is 64.7 Å². The molecule has 2 fully saturated rings. The lowest BCUT2D eigenvalue weighted by molar-refractivity contribution is 0.187. The second-order valence-corrected chi connectivity index (χ2v) is 8.34. The van der Waals surface area contributed by atoms with Crippen LogP contribution >= 0.6 is 0 Å². The molecule has 7 heteroatoms. The van der Waals surface area contributed by atoms with Gasteiger partial charge in [-0.3, -0.25) is 0 Å². The summed E-state index contributed by atoms with van der Waals surface area (Å²) in [4.78, 5) is 8.71. The first-order valence-electron chi connectivity index (χ1n) is 11.3. The van der Waals surface area contributed by atoms with E-state index in [0.29, 0.717) is 11.7 Å². The lowest BCUT2D eigenvalue weighted by atomic mass is 9.91. The molecular formula is C24H37N7. The van der Waals surface area contributed by atoms with Gasteiger partial charge in [0.05, 0.1) is 18.1 Å². The Balaban J connectivity index is 1.51. The third kappa shape index (κ3) is 6.31. The van der Waals surface area contributed by atoms with Crippen molar-refractivity contribution >= 4 is 0 Å². The Labute approximate surface area is 186 Å². The lowest BCUT2D eigenvalue weighted by Crippen LogP contribution is -2.53. The number of piperidine rings is 1. The van der Waals surface area contributed by atoms with E-state index in [4.69, 9.17) is 5.73 Å². The van der Waals surface area contributed by atoms with Gasteiger partial charge in [-0.05, 0) is 31.6 Å². The molecule has 7 nitrogen and oxygen atoms in total. The third-order valence-electron chi connectivity index (χ3n) is 6.32. The number of nitrogens with one attached hydrogen (secondary N) is 2. The van der Waals surface area contributed by atoms with Crippen molar-refractivity contribution < 1.29 is 0 Å². The topological polar surface area (TPSA) is 74.4 Å². The van der Waals surface area contributed by atoms with Crippen LogP contribution in [0.2, 0.25) is 0 Å². The van der Waals surface area contributed by atoms with Crippen LogP contribution in [0.4, 0.5) is 0 Å². The van der Waals surface area contributed by atoms with Crippen LogP contribution in [0.15, 0.2) is 67.1 Å². The summed E-state index contributed by atoms with van der Waals surface area (Å²) < 4.78 is 2.10. The van der Waals surface area contributed by atoms with Crippen molar-refractivity contribution in [3.8, 4) is 0 Å². The molecule has 4 N–H and O–H groups in total. The fourth-order valence-electron chi connectivity index (χ4n) is 4.44. The first-order valence-corrected chi connectivity index (χ1v) is 11.3. The van der Waals surface area contributed by atoms with E-state index in [9.17, 15) is 0 Å². The Morgan fingerprint density at radius 1 is 1.23 bits per heavy atom. The number of rotatable bonds is 10. The fraction of sp³-hybridized carbons (Fsp3) is 0.542. The number of allylic oxidation sites excluding steroid dienone is 1. The van der Waals surface area contributed by atoms with Gasteiger partial charge in [0.25, 0.3) is 0 Å². The first kappa shape index (κ1) is 22.8. The van der Waals surface area contributed by atoms with Gasteiger partial charge in [0, 0.05) is 63.9 Å². The highest BCUT2D eigenvalue weighted by Crippen LogP contribution is 2.28. The molecule has 0 bridgehead atoms. The smallest absolute Gasteiger partial charge is 0.143 e. The van der Waals surface area contributed by atoms with E-state index in [1.165, 1.54) is 5.70 Å². The number of nitrogens with zero attached hydrogens (tertiary/aromatic N) is 4. The zero-order valence-electron chi connectivity index (χ0n) is 18.7. The molecule has 2 saturated heterocycles. The van der Waals surface area contributed by atoms with Gasteiger partial charge in [0.2, 0.25) is 0 Å². The predicted octanol–water partition coefficient (Wildman–Crippen LogP) is 2.01. The molecule has 31 heavy (non-hydrogen) atoms. The maximum absolute atomic E-state index is 5.97. The molecule has 3 heterocycles. The van der Waals surface area contributed by atoms with E-state index in [2.05, 4.69) is 61.2 Å². The van der Waals surface area contributed by atoms with Gasteiger partial charge in [-0.15, -0.1) is 5.73 Å². The molecular weight excluding hydrogens is 386 g/mol. The highest BCUT2D eigenvalue weighted by Gasteiger charge is 2.29. The van der Waals surface area contributed by atoms with E-state index in [-0.39, 0.29) is 6.04 Å². The number of hydrogen-bond donors (Lipinski definition) is 3. The summed E-state index contributed by atoms with van der Waals surface area (Å²) in [5, 5.41) is 7.06. The maximum Gasteiger partial charge on any atom is 0.143 e. The van der Waals surface area contributed by atoms with Crippen LogP contribution in [0.1, 0.15) is 25.7 Å². The molecule has 3 rings (SSSR count). The van der Waals surface area contributed by atoms with Crippen LogP contribution in [0.3, 0.4) is 0 Å². The van der Waals surface area contributed by atoms with E-state index in [1.807, 2.05) is 18.7 Å². The maximum atomic E-state index is 5.97. The summed E-state index contributed by atoms with van der Waals surface area (Å²) in [7, 11) is 0. The first-order chi connectivity index (χ1) is 15.1. The quantitative estimate of drug-likeness (QED) is 0.395. The Hall–Kier alpha value is -2.85. The average Bonchev–Trinajstić information content (AvgIpc) is 3.33. The van der Waals surface area contributed by atoms with Gasteiger partial charge in [0.15, 0.2) is 0 Å². The van der Waals surface area contributed by atoms with Crippen molar-refractivity contribution in [1.29, 1.82) is 0 Å². The normalized spacial score (nSPS) is 19.4. The SMILES string of the molecule is C=C=C(N)N1CCC(CC(=C=C)N2CCNCC2C(=C)NCCCn2ccnc2)CC1. The van der Waals surface area contributed by atoms with Crippen LogP contribution in [0.25, 0.3) is 0 Å². The zero-order valence-corrected chi connectivity index (χ0v) is 18.7. The van der Waals surface area contributed by atoms with Crippen LogP contribution < -0.4 is 16.4 Å². The van der Waals surface area contributed by atoms with Gasteiger partial charge in [-0.1, -0.05) is 25.5 Å². The van der Waals surface area contributed by atoms with Gasteiger partial charge in [0.1, 0.15) is 5.82 Å². The predicted molar refractivity (Wildman–Crippen MR) is 126 cm³/mol. The van der Waals surface area contributed by atoms with E-state index >= 15 is 0 Å². The number of piperazine rings is 1. The molecule has 1 unspecified atom stereocenters. The van der Waals surface area contributed by atoms with Gasteiger partial charge in [-0.2, -0.15) is 0 Å². The summed E-state index contributed by atoms with van der Waals surface area (Å²) in [5.41, 5.74) is 14.3. The van der Waals surface area contributed by atoms with E-state index < -0.39 is 0 Å². The number of likely N-dealkylation sites (tertiary alicyclic amines) is 1. The molecule has 0 saturated carbocycles. The molecule has 0 aliphatic carbocycles. The summed E-state index contributed by atoms with van der Waals surface area (Å²) in [6.07, 6.45) is 9.91. The van der Waals surface area contributed by atoms with Crippen molar-refractivity contribution in [3.05, 3.63) is 67.1 Å². The van der Waals surface area contributed by atoms with Crippen molar-refractivity contribution in [3.63, 3.8) is 0 Å². The zero-order chi connectivity index (χ0) is 22.1. The second kappa shape index (κ2) is 11.5. The van der Waals surface area contributed by atoms with Crippen LogP contribution in [0.5, 0.6) is 0 Å². The summed E-state index contributed by atoms with van der Waals surface area (Å²) >= 11 is 0. The molecule has 2 aliphatic heterocycles. The van der Waals surface area contributed by atoms with Gasteiger partial charge in [-0.25, -0.2) is 4.98 Å². The molecule has 0 radical (unpaired) electrons. The second-order valence-electron chi connectivity index (χ2n) is 8.34. The third-order valence-corrected chi connectivity index (χ3v) is 6.32. The number of hydrogen-bond acceptors (Lipinski definition) is 6. The molecule has 0 amide bonds. The van der Waals surface area contributed by atoms with Crippen molar-refractivity contribution in [2.45, 2.75) is 38.3 Å². The van der Waals surface area contributed by atoms with Gasteiger partial charge < -0.3 is 30.7 Å². The monoisotopic (exact) mass is 423 g/mol. The molecule has 1 aromatic rings. The number of aromatic nitrogens is 2. The molecule has 1 atom stereocenters. The number of imidazole rings is 1. The van der Waals surface area contributed by atoms with Gasteiger partial charge >= 0.3 is 0 Å². The van der Waals surface area contributed by atoms with Crippen molar-refractivity contribution in [2.24, 2.45) is 11.7 Å². The minimum atomic E-state index is 0.214. The van der Waals surface area contributed by atoms with E-state index in [1.54, 1.807) is 0 Å². The molecule has 1 aromatic heterocycles. The largest absolute Gasteiger partial charge is 0.387 e. The highest BCUT2D eigenvalue weighted by atomic mass is 15.2. The van der Waals surface area contributed by atoms with Crippen molar-refractivity contribution in [2.75, 3.05) is 39.3 Å². The Morgan fingerprint density at radius 2 is 2.03 bits per heavy atom. The Kier molecular flexibility index (Phi) is 8.48. The minimum absolute atomic E-state index is 0.214. The highest BCUT2D eigenvalue weighted by molar-refractivity contribution is 5.14. The van der Waals surface area contributed by atoms with Crippen LogP contribution in [-0.2, 0) is 6.54 Å². The average molecular weight is 424 g/mol. The lowest BCUT2D eigenvalue weighted by Gasteiger charge is -2.41. The number of aryl methyl sites for hydroxylation is 1. The standard InChI is InChI=1S/C24H37N7/c1-4-22(17-21-7-13-30(14-8-21)24(25)5-2)31-16-11-26-18-23(31)20(3)28-9-6-12-29-15-10-27-19-29/h10,15,19,21,23,26,28H,1-3,6-9,11-14,16-18,25H2. The molecule has 0 aromatic carbocycles. The summed E-state index contributed by atoms with van der Waals surface area (Å²) in [5.74, 6) is 1.28. The molecule has 0 spiro atoms. The van der Waals surface area contributed by atoms with E-state index in [0.717, 1.165) is 77.2 Å².